The zero-order valence-corrected chi connectivity index (χ0v) is 11.9. The molecule has 1 N–H and O–H groups in total. The number of hydrogen-bond acceptors (Lipinski definition) is 3. The Labute approximate surface area is 109 Å². The van der Waals surface area contributed by atoms with E-state index in [1.165, 1.54) is 11.0 Å². The summed E-state index contributed by atoms with van der Waals surface area (Å²) in [7, 11) is -0.535. The minimum absolute atomic E-state index is 0.117. The minimum Gasteiger partial charge on any atom is -0.348 e. The molecule has 0 unspecified atom stereocenters. The van der Waals surface area contributed by atoms with Gasteiger partial charge in [0, 0.05) is 18.6 Å². The van der Waals surface area contributed by atoms with E-state index in [2.05, 4.69) is 20.7 Å². The van der Waals surface area contributed by atoms with Crippen molar-refractivity contribution in [3.63, 3.8) is 0 Å². The normalized spacial score (nSPS) is 11.2. The van der Waals surface area contributed by atoms with E-state index in [9.17, 15) is 13.2 Å². The van der Waals surface area contributed by atoms with Gasteiger partial charge in [-0.1, -0.05) is 12.1 Å². The molecule has 1 aromatic carbocycles. The number of nitrogens with one attached hydrogen (secondary N) is 1. The van der Waals surface area contributed by atoms with Crippen LogP contribution in [0.5, 0.6) is 0 Å². The van der Waals surface area contributed by atoms with Crippen LogP contribution >= 0.6 is 15.9 Å². The highest BCUT2D eigenvalue weighted by Gasteiger charge is 2.18. The third-order valence-corrected chi connectivity index (χ3v) is 4.45. The van der Waals surface area contributed by atoms with Crippen molar-refractivity contribution in [2.45, 2.75) is 4.90 Å². The van der Waals surface area contributed by atoms with E-state index in [1.54, 1.807) is 32.3 Å². The molecule has 0 bridgehead atoms. The molecule has 0 radical (unpaired) electrons. The van der Waals surface area contributed by atoms with Gasteiger partial charge in [-0.15, -0.1) is 0 Å². The van der Waals surface area contributed by atoms with E-state index in [4.69, 9.17) is 0 Å². The first kappa shape index (κ1) is 14.1. The molecule has 1 rings (SSSR count). The predicted molar refractivity (Wildman–Crippen MR) is 68.0 cm³/mol. The van der Waals surface area contributed by atoms with E-state index in [1.807, 2.05) is 0 Å². The van der Waals surface area contributed by atoms with Gasteiger partial charge in [0.15, 0.2) is 0 Å². The lowest BCUT2D eigenvalue weighted by Gasteiger charge is -2.11. The van der Waals surface area contributed by atoms with Crippen LogP contribution in [0.3, 0.4) is 0 Å². The molecule has 0 atom stereocenters. The lowest BCUT2D eigenvalue weighted by Crippen LogP contribution is -2.36. The quantitative estimate of drug-likeness (QED) is 0.893. The number of rotatable bonds is 4. The van der Waals surface area contributed by atoms with Crippen LogP contribution < -0.4 is 4.72 Å². The Morgan fingerprint density at radius 3 is 2.47 bits per heavy atom. The summed E-state index contributed by atoms with van der Waals surface area (Å²) in [5.74, 6) is -0.305. The topological polar surface area (TPSA) is 66.5 Å². The number of likely N-dealkylation sites (N-methyl/N-ethyl adjacent to an activating group) is 1. The zero-order chi connectivity index (χ0) is 13.1. The van der Waals surface area contributed by atoms with Crippen molar-refractivity contribution in [1.82, 2.24) is 9.62 Å². The number of hydrogen-bond donors (Lipinski definition) is 1. The summed E-state index contributed by atoms with van der Waals surface area (Å²) in [6.45, 7) is -0.253. The Bertz CT molecular complexity index is 514. The smallest absolute Gasteiger partial charge is 0.242 e. The van der Waals surface area contributed by atoms with Gasteiger partial charge < -0.3 is 4.90 Å². The van der Waals surface area contributed by atoms with Crippen molar-refractivity contribution < 1.29 is 13.2 Å². The molecule has 1 amide bonds. The molecule has 1 aromatic rings. The molecule has 0 spiro atoms. The van der Waals surface area contributed by atoms with E-state index in [0.717, 1.165) is 0 Å². The van der Waals surface area contributed by atoms with Crippen LogP contribution in [0.15, 0.2) is 33.6 Å². The summed E-state index contributed by atoms with van der Waals surface area (Å²) in [5.41, 5.74) is 0. The van der Waals surface area contributed by atoms with Gasteiger partial charge >= 0.3 is 0 Å². The van der Waals surface area contributed by atoms with Crippen molar-refractivity contribution >= 4 is 31.9 Å². The van der Waals surface area contributed by atoms with Crippen LogP contribution in [0, 0.1) is 0 Å². The molecular formula is C10H13BrN2O3S. The Balaban J connectivity index is 2.84. The van der Waals surface area contributed by atoms with E-state index < -0.39 is 10.0 Å². The van der Waals surface area contributed by atoms with Crippen molar-refractivity contribution in [3.8, 4) is 0 Å². The summed E-state index contributed by atoms with van der Waals surface area (Å²) in [5, 5.41) is 0. The van der Waals surface area contributed by atoms with Crippen LogP contribution in [0.25, 0.3) is 0 Å². The van der Waals surface area contributed by atoms with E-state index >= 15 is 0 Å². The van der Waals surface area contributed by atoms with Gasteiger partial charge in [0.05, 0.1) is 11.4 Å². The summed E-state index contributed by atoms with van der Waals surface area (Å²) < 4.78 is 26.4. The highest BCUT2D eigenvalue weighted by molar-refractivity contribution is 9.10. The molecule has 0 aromatic heterocycles. The van der Waals surface area contributed by atoms with Gasteiger partial charge in [-0.25, -0.2) is 13.1 Å². The maximum atomic E-state index is 11.9. The Morgan fingerprint density at radius 1 is 1.35 bits per heavy atom. The minimum atomic E-state index is -3.66. The summed E-state index contributed by atoms with van der Waals surface area (Å²) in [6, 6.07) is 6.43. The predicted octanol–water partition coefficient (Wildman–Crippen LogP) is 0.816. The average Bonchev–Trinajstić information content (AvgIpc) is 2.26. The molecule has 0 aliphatic heterocycles. The van der Waals surface area contributed by atoms with Crippen LogP contribution in [-0.4, -0.2) is 39.9 Å². The first-order valence-corrected chi connectivity index (χ1v) is 7.06. The molecule has 0 fully saturated rings. The second-order valence-corrected chi connectivity index (χ2v) is 6.13. The number of halogens is 1. The van der Waals surface area contributed by atoms with Crippen molar-refractivity contribution in [3.05, 3.63) is 28.7 Å². The largest absolute Gasteiger partial charge is 0.348 e. The molecular weight excluding hydrogens is 308 g/mol. The molecule has 5 nitrogen and oxygen atoms in total. The fraction of sp³-hybridized carbons (Fsp3) is 0.300. The number of benzene rings is 1. The summed E-state index contributed by atoms with van der Waals surface area (Å²) in [6.07, 6.45) is 0. The molecule has 7 heteroatoms. The molecule has 0 saturated carbocycles. The fourth-order valence-electron chi connectivity index (χ4n) is 1.06. The van der Waals surface area contributed by atoms with Crippen LogP contribution in [0.2, 0.25) is 0 Å². The number of amides is 1. The highest BCUT2D eigenvalue weighted by Crippen LogP contribution is 2.20. The Morgan fingerprint density at radius 2 is 1.94 bits per heavy atom. The second-order valence-electron chi connectivity index (χ2n) is 3.54. The van der Waals surface area contributed by atoms with Gasteiger partial charge in [-0.3, -0.25) is 4.79 Å². The monoisotopic (exact) mass is 320 g/mol. The van der Waals surface area contributed by atoms with Crippen molar-refractivity contribution in [2.75, 3.05) is 20.6 Å². The molecule has 0 aliphatic carbocycles. The molecule has 17 heavy (non-hydrogen) atoms. The number of sulfonamides is 1. The number of carbonyl (C=O) groups excluding carboxylic acids is 1. The molecule has 0 saturated heterocycles. The van der Waals surface area contributed by atoms with Gasteiger partial charge in [-0.05, 0) is 28.1 Å². The molecule has 0 heterocycles. The van der Waals surface area contributed by atoms with Crippen LogP contribution in [-0.2, 0) is 14.8 Å². The first-order chi connectivity index (χ1) is 7.84. The third kappa shape index (κ3) is 3.79. The van der Waals surface area contributed by atoms with Gasteiger partial charge in [0.1, 0.15) is 0 Å². The maximum Gasteiger partial charge on any atom is 0.242 e. The highest BCUT2D eigenvalue weighted by atomic mass is 79.9. The van der Waals surface area contributed by atoms with Gasteiger partial charge in [0.2, 0.25) is 15.9 Å². The van der Waals surface area contributed by atoms with Crippen LogP contribution in [0.1, 0.15) is 0 Å². The number of carbonyl (C=O) groups is 1. The Kier molecular flexibility index (Phi) is 4.67. The van der Waals surface area contributed by atoms with E-state index in [-0.39, 0.29) is 17.3 Å². The second kappa shape index (κ2) is 5.61. The fourth-order valence-corrected chi connectivity index (χ4v) is 3.03. The number of nitrogens with zero attached hydrogens (tertiary/aromatic N) is 1. The standard InChI is InChI=1S/C10H13BrN2O3S/c1-13(2)10(14)7-12-17(15,16)9-6-4-3-5-8(9)11/h3-6,12H,7H2,1-2H3. The molecule has 0 aliphatic rings. The van der Waals surface area contributed by atoms with Gasteiger partial charge in [-0.2, -0.15) is 0 Å². The van der Waals surface area contributed by atoms with Crippen molar-refractivity contribution in [1.29, 1.82) is 0 Å². The summed E-state index contributed by atoms with van der Waals surface area (Å²) in [4.78, 5) is 12.7. The van der Waals surface area contributed by atoms with Crippen LogP contribution in [0.4, 0.5) is 0 Å². The van der Waals surface area contributed by atoms with Crippen molar-refractivity contribution in [2.24, 2.45) is 0 Å². The zero-order valence-electron chi connectivity index (χ0n) is 9.47. The third-order valence-electron chi connectivity index (χ3n) is 2.04. The Hall–Kier alpha value is -0.920. The van der Waals surface area contributed by atoms with E-state index in [0.29, 0.717) is 4.47 Å². The molecule has 94 valence electrons. The maximum absolute atomic E-state index is 11.9. The SMILES string of the molecule is CN(C)C(=O)CNS(=O)(=O)c1ccccc1Br. The lowest BCUT2D eigenvalue weighted by molar-refractivity contribution is -0.127. The first-order valence-electron chi connectivity index (χ1n) is 4.79. The van der Waals surface area contributed by atoms with Gasteiger partial charge in [0.25, 0.3) is 0 Å². The average molecular weight is 321 g/mol. The summed E-state index contributed by atoms with van der Waals surface area (Å²) >= 11 is 3.15. The lowest BCUT2D eigenvalue weighted by atomic mass is 10.4.